The zero-order valence-corrected chi connectivity index (χ0v) is 12.4. The van der Waals surface area contributed by atoms with Gasteiger partial charge in [0.05, 0.1) is 0 Å². The molecule has 0 radical (unpaired) electrons. The summed E-state index contributed by atoms with van der Waals surface area (Å²) in [5, 5.41) is 6.88. The number of anilines is 1. The van der Waals surface area contributed by atoms with Gasteiger partial charge < -0.3 is 10.6 Å². The predicted molar refractivity (Wildman–Crippen MR) is 82.9 cm³/mol. The smallest absolute Gasteiger partial charge is 0.0401 e. The van der Waals surface area contributed by atoms with Gasteiger partial charge in [-0.25, -0.2) is 0 Å². The van der Waals surface area contributed by atoms with E-state index < -0.39 is 0 Å². The van der Waals surface area contributed by atoms with Crippen molar-refractivity contribution >= 4 is 17.0 Å². The lowest BCUT2D eigenvalue weighted by Crippen LogP contribution is -2.21. The SMILES string of the molecule is CCc1ccc(CNCCNc2ccncc2C)s1. The van der Waals surface area contributed by atoms with Crippen LogP contribution >= 0.6 is 11.3 Å². The van der Waals surface area contributed by atoms with E-state index in [1.54, 1.807) is 0 Å². The summed E-state index contributed by atoms with van der Waals surface area (Å²) in [7, 11) is 0. The van der Waals surface area contributed by atoms with E-state index in [9.17, 15) is 0 Å². The van der Waals surface area contributed by atoms with Crippen LogP contribution in [0.25, 0.3) is 0 Å². The van der Waals surface area contributed by atoms with Crippen molar-refractivity contribution in [2.45, 2.75) is 26.8 Å². The monoisotopic (exact) mass is 275 g/mol. The average molecular weight is 275 g/mol. The number of aromatic nitrogens is 1. The normalized spacial score (nSPS) is 10.6. The molecule has 0 fully saturated rings. The third-order valence-electron chi connectivity index (χ3n) is 3.00. The summed E-state index contributed by atoms with van der Waals surface area (Å²) < 4.78 is 0. The van der Waals surface area contributed by atoms with Crippen LogP contribution in [0.2, 0.25) is 0 Å². The molecule has 0 bridgehead atoms. The van der Waals surface area contributed by atoms with Crippen LogP contribution in [0.1, 0.15) is 22.2 Å². The molecule has 2 N–H and O–H groups in total. The molecular weight excluding hydrogens is 254 g/mol. The average Bonchev–Trinajstić information content (AvgIpc) is 2.88. The minimum absolute atomic E-state index is 0.927. The summed E-state index contributed by atoms with van der Waals surface area (Å²) in [5.41, 5.74) is 2.36. The molecule has 102 valence electrons. The molecule has 2 heterocycles. The van der Waals surface area contributed by atoms with Crippen LogP contribution in [0.15, 0.2) is 30.6 Å². The molecule has 0 aliphatic heterocycles. The fraction of sp³-hybridized carbons (Fsp3) is 0.400. The number of hydrogen-bond donors (Lipinski definition) is 2. The fourth-order valence-electron chi connectivity index (χ4n) is 1.88. The van der Waals surface area contributed by atoms with Crippen LogP contribution in [-0.2, 0) is 13.0 Å². The van der Waals surface area contributed by atoms with Gasteiger partial charge in [-0.2, -0.15) is 0 Å². The second-order valence-corrected chi connectivity index (χ2v) is 5.77. The third-order valence-corrected chi connectivity index (χ3v) is 4.23. The topological polar surface area (TPSA) is 37.0 Å². The Morgan fingerprint density at radius 3 is 2.74 bits per heavy atom. The van der Waals surface area contributed by atoms with E-state index in [1.807, 2.05) is 29.8 Å². The van der Waals surface area contributed by atoms with Crippen molar-refractivity contribution < 1.29 is 0 Å². The molecule has 3 nitrogen and oxygen atoms in total. The maximum Gasteiger partial charge on any atom is 0.0401 e. The Bertz CT molecular complexity index is 508. The van der Waals surface area contributed by atoms with E-state index >= 15 is 0 Å². The number of hydrogen-bond acceptors (Lipinski definition) is 4. The third kappa shape index (κ3) is 4.33. The highest BCUT2D eigenvalue weighted by Gasteiger charge is 1.98. The predicted octanol–water partition coefficient (Wildman–Crippen LogP) is 3.22. The quantitative estimate of drug-likeness (QED) is 0.762. The van der Waals surface area contributed by atoms with Crippen molar-refractivity contribution in [1.29, 1.82) is 0 Å². The lowest BCUT2D eigenvalue weighted by molar-refractivity contribution is 0.714. The summed E-state index contributed by atoms with van der Waals surface area (Å²) in [6.07, 6.45) is 4.84. The van der Waals surface area contributed by atoms with Crippen molar-refractivity contribution in [2.24, 2.45) is 0 Å². The van der Waals surface area contributed by atoms with E-state index in [0.29, 0.717) is 0 Å². The van der Waals surface area contributed by atoms with E-state index in [-0.39, 0.29) is 0 Å². The molecule has 0 spiro atoms. The van der Waals surface area contributed by atoms with Gasteiger partial charge in [0.1, 0.15) is 0 Å². The van der Waals surface area contributed by atoms with Gasteiger partial charge in [0.25, 0.3) is 0 Å². The fourth-order valence-corrected chi connectivity index (χ4v) is 2.80. The first-order valence-electron chi connectivity index (χ1n) is 6.72. The summed E-state index contributed by atoms with van der Waals surface area (Å²) in [6.45, 7) is 7.12. The Hall–Kier alpha value is -1.39. The van der Waals surface area contributed by atoms with Gasteiger partial charge in [0, 0.05) is 47.5 Å². The highest BCUT2D eigenvalue weighted by molar-refractivity contribution is 7.11. The molecular formula is C15H21N3S. The zero-order chi connectivity index (χ0) is 13.5. The molecule has 2 aromatic rings. The molecule has 0 aromatic carbocycles. The van der Waals surface area contributed by atoms with Crippen molar-refractivity contribution in [2.75, 3.05) is 18.4 Å². The molecule has 0 saturated carbocycles. The molecule has 0 aliphatic carbocycles. The molecule has 0 amide bonds. The number of rotatable bonds is 7. The van der Waals surface area contributed by atoms with E-state index in [0.717, 1.165) is 26.1 Å². The molecule has 19 heavy (non-hydrogen) atoms. The first-order valence-corrected chi connectivity index (χ1v) is 7.54. The van der Waals surface area contributed by atoms with Crippen LogP contribution < -0.4 is 10.6 Å². The highest BCUT2D eigenvalue weighted by atomic mass is 32.1. The molecule has 4 heteroatoms. The Labute approximate surface area is 119 Å². The van der Waals surface area contributed by atoms with Crippen LogP contribution in [0.3, 0.4) is 0 Å². The van der Waals surface area contributed by atoms with Gasteiger partial charge in [-0.3, -0.25) is 4.98 Å². The van der Waals surface area contributed by atoms with Gasteiger partial charge in [0.2, 0.25) is 0 Å². The van der Waals surface area contributed by atoms with E-state index in [4.69, 9.17) is 0 Å². The van der Waals surface area contributed by atoms with Crippen LogP contribution in [0.4, 0.5) is 5.69 Å². The molecule has 0 atom stereocenters. The number of nitrogens with zero attached hydrogens (tertiary/aromatic N) is 1. The molecule has 0 aliphatic rings. The summed E-state index contributed by atoms with van der Waals surface area (Å²) >= 11 is 1.90. The lowest BCUT2D eigenvalue weighted by Gasteiger charge is -2.09. The zero-order valence-electron chi connectivity index (χ0n) is 11.6. The Morgan fingerprint density at radius 1 is 1.16 bits per heavy atom. The minimum Gasteiger partial charge on any atom is -0.383 e. The van der Waals surface area contributed by atoms with Gasteiger partial charge in [-0.15, -0.1) is 11.3 Å². The van der Waals surface area contributed by atoms with Gasteiger partial charge in [-0.05, 0) is 37.1 Å². The molecule has 0 unspecified atom stereocenters. The van der Waals surface area contributed by atoms with Crippen molar-refractivity contribution in [1.82, 2.24) is 10.3 Å². The lowest BCUT2D eigenvalue weighted by atomic mass is 10.2. The Balaban J connectivity index is 1.66. The second-order valence-electron chi connectivity index (χ2n) is 4.52. The molecule has 2 rings (SSSR count). The van der Waals surface area contributed by atoms with Gasteiger partial charge in [0.15, 0.2) is 0 Å². The largest absolute Gasteiger partial charge is 0.383 e. The first-order chi connectivity index (χ1) is 9.29. The van der Waals surface area contributed by atoms with Crippen LogP contribution in [0.5, 0.6) is 0 Å². The van der Waals surface area contributed by atoms with E-state index in [1.165, 1.54) is 21.0 Å². The van der Waals surface area contributed by atoms with Crippen molar-refractivity contribution in [3.05, 3.63) is 45.9 Å². The Kier molecular flexibility index (Phi) is 5.36. The van der Waals surface area contributed by atoms with E-state index in [2.05, 4.69) is 41.6 Å². The Morgan fingerprint density at radius 2 is 2.00 bits per heavy atom. The van der Waals surface area contributed by atoms with Gasteiger partial charge in [-0.1, -0.05) is 6.92 Å². The summed E-state index contributed by atoms with van der Waals surface area (Å²) in [5.74, 6) is 0. The molecule has 0 saturated heterocycles. The number of nitrogens with one attached hydrogen (secondary N) is 2. The minimum atomic E-state index is 0.927. The maximum absolute atomic E-state index is 4.09. The summed E-state index contributed by atoms with van der Waals surface area (Å²) in [4.78, 5) is 6.96. The molecule has 2 aromatic heterocycles. The first kappa shape index (κ1) is 14.0. The highest BCUT2D eigenvalue weighted by Crippen LogP contribution is 2.16. The van der Waals surface area contributed by atoms with Crippen molar-refractivity contribution in [3.8, 4) is 0 Å². The van der Waals surface area contributed by atoms with Crippen molar-refractivity contribution in [3.63, 3.8) is 0 Å². The maximum atomic E-state index is 4.09. The number of aryl methyl sites for hydroxylation is 2. The second kappa shape index (κ2) is 7.26. The standard InChI is InChI=1S/C15H21N3S/c1-3-13-4-5-14(19-13)11-17-8-9-18-15-6-7-16-10-12(15)2/h4-7,10,17H,3,8-9,11H2,1-2H3,(H,16,18). The summed E-state index contributed by atoms with van der Waals surface area (Å²) in [6, 6.07) is 6.46. The van der Waals surface area contributed by atoms with Crippen LogP contribution in [0, 0.1) is 6.92 Å². The number of pyridine rings is 1. The number of thiophene rings is 1. The van der Waals surface area contributed by atoms with Crippen LogP contribution in [-0.4, -0.2) is 18.1 Å². The van der Waals surface area contributed by atoms with Gasteiger partial charge >= 0.3 is 0 Å².